The summed E-state index contributed by atoms with van der Waals surface area (Å²) in [4.78, 5) is 0. The Labute approximate surface area is 92.1 Å². The molecular formula is C10H11ClF3N. The molecule has 1 saturated heterocycles. The van der Waals surface area contributed by atoms with Gasteiger partial charge in [-0.2, -0.15) is 0 Å². The van der Waals surface area contributed by atoms with Crippen LogP contribution in [0.15, 0.2) is 12.1 Å². The zero-order valence-electron chi connectivity index (χ0n) is 7.90. The van der Waals surface area contributed by atoms with Crippen LogP contribution >= 0.6 is 12.4 Å². The van der Waals surface area contributed by atoms with E-state index in [1.165, 1.54) is 6.07 Å². The third kappa shape index (κ3) is 2.26. The zero-order chi connectivity index (χ0) is 10.1. The molecule has 1 unspecified atom stereocenters. The second-order valence-corrected chi connectivity index (χ2v) is 3.45. The minimum atomic E-state index is -1.37. The maximum atomic E-state index is 13.3. The predicted molar refractivity (Wildman–Crippen MR) is 53.8 cm³/mol. The summed E-state index contributed by atoms with van der Waals surface area (Å²) in [6, 6.07) is 2.30. The van der Waals surface area contributed by atoms with Crippen LogP contribution in [0.5, 0.6) is 0 Å². The molecule has 0 saturated carbocycles. The first kappa shape index (κ1) is 12.3. The summed E-state index contributed by atoms with van der Waals surface area (Å²) < 4.78 is 38.8. The van der Waals surface area contributed by atoms with E-state index in [9.17, 15) is 13.2 Å². The molecule has 1 heterocycles. The van der Waals surface area contributed by atoms with E-state index in [1.807, 2.05) is 0 Å². The number of hydrogen-bond acceptors (Lipinski definition) is 1. The Hall–Kier alpha value is -0.740. The van der Waals surface area contributed by atoms with Gasteiger partial charge in [0.05, 0.1) is 0 Å². The first-order valence-electron chi connectivity index (χ1n) is 4.54. The van der Waals surface area contributed by atoms with Gasteiger partial charge in [0.25, 0.3) is 0 Å². The average molecular weight is 238 g/mol. The molecule has 1 nitrogen and oxygen atoms in total. The van der Waals surface area contributed by atoms with Crippen LogP contribution in [0, 0.1) is 17.5 Å². The molecule has 1 atom stereocenters. The van der Waals surface area contributed by atoms with Crippen LogP contribution in [0.4, 0.5) is 13.2 Å². The van der Waals surface area contributed by atoms with E-state index in [1.54, 1.807) is 0 Å². The topological polar surface area (TPSA) is 12.0 Å². The van der Waals surface area contributed by atoms with E-state index >= 15 is 0 Å². The largest absolute Gasteiger partial charge is 0.316 e. The Morgan fingerprint density at radius 2 is 1.87 bits per heavy atom. The van der Waals surface area contributed by atoms with Crippen molar-refractivity contribution in [1.29, 1.82) is 0 Å². The quantitative estimate of drug-likeness (QED) is 0.741. The maximum absolute atomic E-state index is 13.3. The Morgan fingerprint density at radius 3 is 2.47 bits per heavy atom. The van der Waals surface area contributed by atoms with Crippen molar-refractivity contribution in [2.45, 2.75) is 12.3 Å². The van der Waals surface area contributed by atoms with E-state index in [2.05, 4.69) is 5.32 Å². The lowest BCUT2D eigenvalue weighted by Crippen LogP contribution is -2.10. The molecule has 1 fully saturated rings. The second kappa shape index (κ2) is 4.86. The molecule has 15 heavy (non-hydrogen) atoms. The van der Waals surface area contributed by atoms with Crippen molar-refractivity contribution in [1.82, 2.24) is 5.32 Å². The van der Waals surface area contributed by atoms with Gasteiger partial charge in [-0.3, -0.25) is 0 Å². The highest BCUT2D eigenvalue weighted by Crippen LogP contribution is 2.26. The van der Waals surface area contributed by atoms with Gasteiger partial charge < -0.3 is 5.32 Å². The van der Waals surface area contributed by atoms with E-state index in [0.717, 1.165) is 19.0 Å². The SMILES string of the molecule is Cl.Fc1ccc(C2CCNC2)c(F)c1F. The molecule has 1 aromatic rings. The van der Waals surface area contributed by atoms with Crippen LogP contribution in [0.25, 0.3) is 0 Å². The highest BCUT2D eigenvalue weighted by atomic mass is 35.5. The van der Waals surface area contributed by atoms with E-state index in [4.69, 9.17) is 0 Å². The second-order valence-electron chi connectivity index (χ2n) is 3.45. The van der Waals surface area contributed by atoms with Gasteiger partial charge >= 0.3 is 0 Å². The van der Waals surface area contributed by atoms with E-state index in [0.29, 0.717) is 6.54 Å². The Morgan fingerprint density at radius 1 is 1.13 bits per heavy atom. The van der Waals surface area contributed by atoms with E-state index < -0.39 is 17.5 Å². The number of halogens is 4. The third-order valence-corrected chi connectivity index (χ3v) is 2.57. The van der Waals surface area contributed by atoms with Crippen molar-refractivity contribution in [3.8, 4) is 0 Å². The minimum absolute atomic E-state index is 0. The fourth-order valence-electron chi connectivity index (χ4n) is 1.78. The van der Waals surface area contributed by atoms with Crippen LogP contribution in [0.3, 0.4) is 0 Å². The van der Waals surface area contributed by atoms with Gasteiger partial charge in [-0.05, 0) is 24.6 Å². The van der Waals surface area contributed by atoms with Crippen molar-refractivity contribution in [2.24, 2.45) is 0 Å². The zero-order valence-corrected chi connectivity index (χ0v) is 8.71. The number of nitrogens with one attached hydrogen (secondary N) is 1. The minimum Gasteiger partial charge on any atom is -0.316 e. The first-order chi connectivity index (χ1) is 6.70. The molecule has 1 N–H and O–H groups in total. The molecule has 84 valence electrons. The van der Waals surface area contributed by atoms with Gasteiger partial charge in [0.2, 0.25) is 0 Å². The van der Waals surface area contributed by atoms with Crippen molar-refractivity contribution >= 4 is 12.4 Å². The van der Waals surface area contributed by atoms with Crippen molar-refractivity contribution < 1.29 is 13.2 Å². The molecule has 1 aliphatic rings. The lowest BCUT2D eigenvalue weighted by atomic mass is 9.98. The summed E-state index contributed by atoms with van der Waals surface area (Å²) in [5.41, 5.74) is 0.272. The summed E-state index contributed by atoms with van der Waals surface area (Å²) in [6.45, 7) is 1.42. The summed E-state index contributed by atoms with van der Waals surface area (Å²) >= 11 is 0. The van der Waals surface area contributed by atoms with Crippen LogP contribution in [0.2, 0.25) is 0 Å². The van der Waals surface area contributed by atoms with Gasteiger partial charge in [0.1, 0.15) is 0 Å². The van der Waals surface area contributed by atoms with Gasteiger partial charge in [-0.1, -0.05) is 6.07 Å². The van der Waals surface area contributed by atoms with Gasteiger partial charge in [0, 0.05) is 12.5 Å². The summed E-state index contributed by atoms with van der Waals surface area (Å²) in [7, 11) is 0. The van der Waals surface area contributed by atoms with Gasteiger partial charge in [-0.15, -0.1) is 12.4 Å². The molecule has 0 radical (unpaired) electrons. The Bertz CT molecular complexity index is 351. The molecule has 0 bridgehead atoms. The molecule has 0 spiro atoms. The molecular weight excluding hydrogens is 227 g/mol. The average Bonchev–Trinajstić information content (AvgIpc) is 2.67. The third-order valence-electron chi connectivity index (χ3n) is 2.57. The Balaban J connectivity index is 0.00000112. The molecule has 0 aromatic heterocycles. The lowest BCUT2D eigenvalue weighted by Gasteiger charge is -2.10. The standard InChI is InChI=1S/C10H10F3N.ClH/c11-8-2-1-7(9(12)10(8)13)6-3-4-14-5-6;/h1-2,6,14H,3-5H2;1H. The maximum Gasteiger partial charge on any atom is 0.194 e. The smallest absolute Gasteiger partial charge is 0.194 e. The molecule has 0 amide bonds. The monoisotopic (exact) mass is 237 g/mol. The normalized spacial score (nSPS) is 20.1. The van der Waals surface area contributed by atoms with Crippen LogP contribution in [0.1, 0.15) is 17.9 Å². The summed E-state index contributed by atoms with van der Waals surface area (Å²) in [6.07, 6.45) is 0.766. The summed E-state index contributed by atoms with van der Waals surface area (Å²) in [5, 5.41) is 3.05. The number of hydrogen-bond donors (Lipinski definition) is 1. The summed E-state index contributed by atoms with van der Waals surface area (Å²) in [5.74, 6) is -3.57. The van der Waals surface area contributed by atoms with Crippen LogP contribution in [-0.4, -0.2) is 13.1 Å². The molecule has 5 heteroatoms. The van der Waals surface area contributed by atoms with Gasteiger partial charge in [0.15, 0.2) is 17.5 Å². The molecule has 2 rings (SSSR count). The Kier molecular flexibility index (Phi) is 3.99. The number of benzene rings is 1. The van der Waals surface area contributed by atoms with Crippen LogP contribution < -0.4 is 5.32 Å². The first-order valence-corrected chi connectivity index (χ1v) is 4.54. The fourth-order valence-corrected chi connectivity index (χ4v) is 1.78. The van der Waals surface area contributed by atoms with Gasteiger partial charge in [-0.25, -0.2) is 13.2 Å². The molecule has 0 aliphatic carbocycles. The van der Waals surface area contributed by atoms with Crippen molar-refractivity contribution in [3.05, 3.63) is 35.1 Å². The van der Waals surface area contributed by atoms with Crippen molar-refractivity contribution in [2.75, 3.05) is 13.1 Å². The molecule has 1 aromatic carbocycles. The fraction of sp³-hybridized carbons (Fsp3) is 0.400. The highest BCUT2D eigenvalue weighted by Gasteiger charge is 2.23. The molecule has 1 aliphatic heterocycles. The van der Waals surface area contributed by atoms with Crippen LogP contribution in [-0.2, 0) is 0 Å². The predicted octanol–water partition coefficient (Wildman–Crippen LogP) is 2.60. The highest BCUT2D eigenvalue weighted by molar-refractivity contribution is 5.85. The van der Waals surface area contributed by atoms with E-state index in [-0.39, 0.29) is 23.9 Å². The lowest BCUT2D eigenvalue weighted by molar-refractivity contribution is 0.436. The number of rotatable bonds is 1. The van der Waals surface area contributed by atoms with Crippen molar-refractivity contribution in [3.63, 3.8) is 0 Å².